The molecule has 0 saturated carbocycles. The van der Waals surface area contributed by atoms with Crippen LogP contribution in [0.1, 0.15) is 30.7 Å². The predicted molar refractivity (Wildman–Crippen MR) is 82.5 cm³/mol. The summed E-state index contributed by atoms with van der Waals surface area (Å²) in [4.78, 5) is 12.9. The third kappa shape index (κ3) is 3.60. The van der Waals surface area contributed by atoms with Crippen molar-refractivity contribution in [1.82, 2.24) is 10.2 Å². The molecule has 2 aliphatic heterocycles. The molecule has 0 aliphatic carbocycles. The number of piperidine rings is 1. The van der Waals surface area contributed by atoms with Crippen LogP contribution in [0.4, 0.5) is 5.69 Å². The van der Waals surface area contributed by atoms with Crippen molar-refractivity contribution in [3.05, 3.63) is 39.9 Å². The number of benzene rings is 1. The van der Waals surface area contributed by atoms with Crippen molar-refractivity contribution >= 4 is 5.69 Å². The molecule has 5 nitrogen and oxygen atoms in total. The maximum absolute atomic E-state index is 10.7. The first-order valence-corrected chi connectivity index (χ1v) is 7.90. The van der Waals surface area contributed by atoms with E-state index in [1.165, 1.54) is 31.6 Å². The van der Waals surface area contributed by atoms with Gasteiger partial charge in [0.05, 0.1) is 4.92 Å². The Bertz CT molecular complexity index is 475. The molecular formula is C16H23N3O2. The molecular weight excluding hydrogens is 266 g/mol. The molecule has 3 rings (SSSR count). The van der Waals surface area contributed by atoms with Crippen molar-refractivity contribution in [3.63, 3.8) is 0 Å². The lowest BCUT2D eigenvalue weighted by atomic mass is 9.89. The van der Waals surface area contributed by atoms with E-state index < -0.39 is 0 Å². The average Bonchev–Trinajstić information content (AvgIpc) is 3.01. The molecule has 1 aromatic carbocycles. The fraction of sp³-hybridized carbons (Fsp3) is 0.625. The van der Waals surface area contributed by atoms with Gasteiger partial charge in [-0.05, 0) is 62.8 Å². The molecule has 0 spiro atoms. The number of nitrogens with one attached hydrogen (secondary N) is 1. The normalized spacial score (nSPS) is 24.3. The largest absolute Gasteiger partial charge is 0.316 e. The van der Waals surface area contributed by atoms with E-state index in [4.69, 9.17) is 0 Å². The fourth-order valence-corrected chi connectivity index (χ4v) is 3.55. The summed E-state index contributed by atoms with van der Waals surface area (Å²) >= 11 is 0. The van der Waals surface area contributed by atoms with Crippen molar-refractivity contribution in [2.75, 3.05) is 32.7 Å². The monoisotopic (exact) mass is 289 g/mol. The highest BCUT2D eigenvalue weighted by atomic mass is 16.6. The number of non-ortho nitro benzene ring substituents is 1. The van der Waals surface area contributed by atoms with Crippen molar-refractivity contribution in [3.8, 4) is 0 Å². The minimum Gasteiger partial charge on any atom is -0.316 e. The van der Waals surface area contributed by atoms with Crippen LogP contribution < -0.4 is 5.32 Å². The third-order valence-corrected chi connectivity index (χ3v) is 4.84. The molecule has 1 N–H and O–H groups in total. The third-order valence-electron chi connectivity index (χ3n) is 4.84. The smallest absolute Gasteiger partial charge is 0.269 e. The topological polar surface area (TPSA) is 58.4 Å². The number of nitro benzene ring substituents is 1. The molecule has 0 radical (unpaired) electrons. The van der Waals surface area contributed by atoms with Gasteiger partial charge in [-0.3, -0.25) is 10.1 Å². The van der Waals surface area contributed by atoms with Gasteiger partial charge in [0.1, 0.15) is 0 Å². The zero-order valence-corrected chi connectivity index (χ0v) is 12.3. The van der Waals surface area contributed by atoms with Gasteiger partial charge in [-0.25, -0.2) is 0 Å². The minimum absolute atomic E-state index is 0.185. The van der Waals surface area contributed by atoms with Gasteiger partial charge in [-0.15, -0.1) is 0 Å². The van der Waals surface area contributed by atoms with E-state index in [0.717, 1.165) is 31.8 Å². The number of likely N-dealkylation sites (tertiary alicyclic amines) is 1. The predicted octanol–water partition coefficient (Wildman–Crippen LogP) is 2.38. The minimum atomic E-state index is -0.331. The first-order valence-electron chi connectivity index (χ1n) is 7.90. The molecule has 2 aliphatic rings. The van der Waals surface area contributed by atoms with Gasteiger partial charge in [0.25, 0.3) is 5.69 Å². The van der Waals surface area contributed by atoms with Gasteiger partial charge >= 0.3 is 0 Å². The fourth-order valence-electron chi connectivity index (χ4n) is 3.55. The van der Waals surface area contributed by atoms with Crippen LogP contribution in [0, 0.1) is 16.0 Å². The highest BCUT2D eigenvalue weighted by molar-refractivity contribution is 5.34. The molecule has 0 amide bonds. The molecule has 1 atom stereocenters. The van der Waals surface area contributed by atoms with E-state index in [9.17, 15) is 10.1 Å². The van der Waals surface area contributed by atoms with Crippen LogP contribution in [-0.2, 0) is 0 Å². The van der Waals surface area contributed by atoms with Crippen LogP contribution in [0.25, 0.3) is 0 Å². The summed E-state index contributed by atoms with van der Waals surface area (Å²) in [5.41, 5.74) is 1.44. The zero-order chi connectivity index (χ0) is 14.7. The highest BCUT2D eigenvalue weighted by Gasteiger charge is 2.24. The summed E-state index contributed by atoms with van der Waals surface area (Å²) in [6.45, 7) is 5.86. The van der Waals surface area contributed by atoms with Crippen molar-refractivity contribution in [1.29, 1.82) is 0 Å². The van der Waals surface area contributed by atoms with Crippen LogP contribution in [-0.4, -0.2) is 42.5 Å². The van der Waals surface area contributed by atoms with Gasteiger partial charge in [0, 0.05) is 18.7 Å². The van der Waals surface area contributed by atoms with E-state index >= 15 is 0 Å². The number of hydrogen-bond donors (Lipinski definition) is 1. The second kappa shape index (κ2) is 6.54. The van der Waals surface area contributed by atoms with Gasteiger partial charge in [0.15, 0.2) is 0 Å². The Morgan fingerprint density at radius 2 is 1.90 bits per heavy atom. The molecule has 0 unspecified atom stereocenters. The maximum atomic E-state index is 10.7. The summed E-state index contributed by atoms with van der Waals surface area (Å²) in [7, 11) is 0. The van der Waals surface area contributed by atoms with E-state index in [-0.39, 0.29) is 10.6 Å². The lowest BCUT2D eigenvalue weighted by molar-refractivity contribution is -0.384. The Morgan fingerprint density at radius 1 is 1.19 bits per heavy atom. The Kier molecular flexibility index (Phi) is 4.51. The van der Waals surface area contributed by atoms with E-state index in [1.54, 1.807) is 12.1 Å². The van der Waals surface area contributed by atoms with Gasteiger partial charge in [-0.2, -0.15) is 0 Å². The first kappa shape index (κ1) is 14.5. The van der Waals surface area contributed by atoms with Crippen LogP contribution in [0.5, 0.6) is 0 Å². The second-order valence-electron chi connectivity index (χ2n) is 6.28. The molecule has 2 saturated heterocycles. The summed E-state index contributed by atoms with van der Waals surface area (Å²) in [6.07, 6.45) is 3.64. The molecule has 5 heteroatoms. The lowest BCUT2D eigenvalue weighted by Gasteiger charge is -2.33. The van der Waals surface area contributed by atoms with E-state index in [0.29, 0.717) is 5.92 Å². The quantitative estimate of drug-likeness (QED) is 0.683. The summed E-state index contributed by atoms with van der Waals surface area (Å²) in [5, 5.41) is 14.1. The van der Waals surface area contributed by atoms with Crippen molar-refractivity contribution < 1.29 is 4.92 Å². The molecule has 114 valence electrons. The van der Waals surface area contributed by atoms with Crippen LogP contribution in [0.3, 0.4) is 0 Å². The van der Waals surface area contributed by atoms with Gasteiger partial charge in [-0.1, -0.05) is 12.1 Å². The Hall–Kier alpha value is -1.46. The Balaban J connectivity index is 1.51. The van der Waals surface area contributed by atoms with E-state index in [2.05, 4.69) is 10.2 Å². The molecule has 1 aromatic rings. The zero-order valence-electron chi connectivity index (χ0n) is 12.3. The first-order chi connectivity index (χ1) is 10.2. The lowest BCUT2D eigenvalue weighted by Crippen LogP contribution is -2.37. The Labute approximate surface area is 125 Å². The summed E-state index contributed by atoms with van der Waals surface area (Å²) in [5.74, 6) is 1.38. The maximum Gasteiger partial charge on any atom is 0.269 e. The number of rotatable bonds is 4. The second-order valence-corrected chi connectivity index (χ2v) is 6.28. The number of nitro groups is 1. The van der Waals surface area contributed by atoms with Crippen LogP contribution >= 0.6 is 0 Å². The van der Waals surface area contributed by atoms with Gasteiger partial charge < -0.3 is 10.2 Å². The van der Waals surface area contributed by atoms with Crippen molar-refractivity contribution in [2.45, 2.75) is 25.2 Å². The molecule has 0 aromatic heterocycles. The van der Waals surface area contributed by atoms with Crippen LogP contribution in [0.2, 0.25) is 0 Å². The van der Waals surface area contributed by atoms with Crippen LogP contribution in [0.15, 0.2) is 24.3 Å². The molecule has 0 bridgehead atoms. The van der Waals surface area contributed by atoms with E-state index in [1.807, 2.05) is 12.1 Å². The number of hydrogen-bond acceptors (Lipinski definition) is 4. The number of nitrogens with zero attached hydrogens (tertiary/aromatic N) is 2. The highest BCUT2D eigenvalue weighted by Crippen LogP contribution is 2.29. The standard InChI is InChI=1S/C16H23N3O2/c20-19(21)16-3-1-14(2-4-16)15-6-9-18(10-7-15)12-13-5-8-17-11-13/h1-4,13,15,17H,5-12H2/t13-/m1/s1. The van der Waals surface area contributed by atoms with Gasteiger partial charge in [0.2, 0.25) is 0 Å². The SMILES string of the molecule is O=[N+]([O-])c1ccc(C2CCN(C[C@@H]3CCNC3)CC2)cc1. The summed E-state index contributed by atoms with van der Waals surface area (Å²) < 4.78 is 0. The molecule has 21 heavy (non-hydrogen) atoms. The summed E-state index contributed by atoms with van der Waals surface area (Å²) in [6, 6.07) is 7.12. The Morgan fingerprint density at radius 3 is 2.48 bits per heavy atom. The van der Waals surface area contributed by atoms with Crippen molar-refractivity contribution in [2.24, 2.45) is 5.92 Å². The molecule has 2 heterocycles. The molecule has 2 fully saturated rings. The average molecular weight is 289 g/mol.